The van der Waals surface area contributed by atoms with E-state index in [1.807, 2.05) is 30.3 Å². The highest BCUT2D eigenvalue weighted by Gasteiger charge is 2.08. The normalized spacial score (nSPS) is 12.1. The summed E-state index contributed by atoms with van der Waals surface area (Å²) in [6.07, 6.45) is 0.652. The van der Waals surface area contributed by atoms with Gasteiger partial charge in [-0.15, -0.1) is 0 Å². The molecule has 1 atom stereocenters. The second kappa shape index (κ2) is 7.97. The molecule has 1 aromatic carbocycles. The number of hydrogen-bond donors (Lipinski definition) is 1. The number of esters is 1. The Bertz CT molecular complexity index is 364. The van der Waals surface area contributed by atoms with Crippen molar-refractivity contribution in [1.29, 1.82) is 0 Å². The fourth-order valence-corrected chi connectivity index (χ4v) is 1.97. The van der Waals surface area contributed by atoms with Gasteiger partial charge in [-0.3, -0.25) is 9.00 Å². The predicted molar refractivity (Wildman–Crippen MR) is 66.1 cm³/mol. The summed E-state index contributed by atoms with van der Waals surface area (Å²) < 4.78 is 16.1. The average molecular weight is 256 g/mol. The lowest BCUT2D eigenvalue weighted by Crippen LogP contribution is -2.18. The summed E-state index contributed by atoms with van der Waals surface area (Å²) in [6, 6.07) is 9.68. The van der Waals surface area contributed by atoms with E-state index < -0.39 is 16.8 Å². The van der Waals surface area contributed by atoms with E-state index in [9.17, 15) is 9.00 Å². The van der Waals surface area contributed by atoms with E-state index in [0.717, 1.165) is 5.56 Å². The van der Waals surface area contributed by atoms with Gasteiger partial charge >= 0.3 is 5.97 Å². The van der Waals surface area contributed by atoms with Gasteiger partial charge in [0.2, 0.25) is 0 Å². The first-order valence-corrected chi connectivity index (χ1v) is 6.86. The Hall–Kier alpha value is -1.20. The molecule has 0 spiro atoms. The third-order valence-electron chi connectivity index (χ3n) is 2.09. The van der Waals surface area contributed by atoms with E-state index in [-0.39, 0.29) is 18.1 Å². The van der Waals surface area contributed by atoms with Crippen LogP contribution in [0.25, 0.3) is 0 Å². The fourth-order valence-electron chi connectivity index (χ4n) is 1.27. The molecule has 0 aliphatic rings. The highest BCUT2D eigenvalue weighted by atomic mass is 32.2. The van der Waals surface area contributed by atoms with Crippen molar-refractivity contribution in [3.05, 3.63) is 35.9 Å². The number of rotatable bonds is 7. The number of carbonyl (C=O) groups is 1. The lowest BCUT2D eigenvalue weighted by Gasteiger charge is -2.04. The molecule has 1 rings (SSSR count). The number of hydrogen-bond acceptors (Lipinski definition) is 4. The lowest BCUT2D eigenvalue weighted by molar-refractivity contribution is -0.140. The maximum Gasteiger partial charge on any atom is 0.318 e. The van der Waals surface area contributed by atoms with Crippen LogP contribution in [0.4, 0.5) is 0 Å². The van der Waals surface area contributed by atoms with Crippen molar-refractivity contribution in [2.24, 2.45) is 0 Å². The molecule has 17 heavy (non-hydrogen) atoms. The van der Waals surface area contributed by atoms with Crippen LogP contribution in [0.2, 0.25) is 0 Å². The van der Waals surface area contributed by atoms with E-state index in [0.29, 0.717) is 13.0 Å². The monoisotopic (exact) mass is 256 g/mol. The van der Waals surface area contributed by atoms with Crippen molar-refractivity contribution in [1.82, 2.24) is 0 Å². The molecule has 4 nitrogen and oxygen atoms in total. The Kier molecular flexibility index (Phi) is 6.50. The van der Waals surface area contributed by atoms with E-state index >= 15 is 0 Å². The van der Waals surface area contributed by atoms with Gasteiger partial charge in [-0.05, 0) is 5.56 Å². The predicted octanol–water partition coefficient (Wildman–Crippen LogP) is 0.513. The van der Waals surface area contributed by atoms with Crippen molar-refractivity contribution in [3.63, 3.8) is 0 Å². The van der Waals surface area contributed by atoms with Gasteiger partial charge in [0.15, 0.2) is 0 Å². The van der Waals surface area contributed by atoms with Gasteiger partial charge in [-0.25, -0.2) is 0 Å². The van der Waals surface area contributed by atoms with Crippen LogP contribution in [0.1, 0.15) is 5.56 Å². The van der Waals surface area contributed by atoms with Crippen LogP contribution < -0.4 is 0 Å². The van der Waals surface area contributed by atoms with Crippen molar-refractivity contribution < 1.29 is 18.8 Å². The molecule has 0 saturated carbocycles. The van der Waals surface area contributed by atoms with E-state index in [4.69, 9.17) is 9.84 Å². The average Bonchev–Trinajstić information content (AvgIpc) is 2.30. The molecule has 1 unspecified atom stereocenters. The summed E-state index contributed by atoms with van der Waals surface area (Å²) in [5.41, 5.74) is 1.09. The molecule has 1 N–H and O–H groups in total. The number of ether oxygens (including phenoxy) is 1. The largest absolute Gasteiger partial charge is 0.465 e. The van der Waals surface area contributed by atoms with Crippen molar-refractivity contribution >= 4 is 16.8 Å². The van der Waals surface area contributed by atoms with Crippen LogP contribution in [0.3, 0.4) is 0 Å². The number of benzene rings is 1. The standard InChI is InChI=1S/C12H16O4S/c13-7-9-17(15)10-12(14)16-8-6-11-4-2-1-3-5-11/h1-5,13H,6-10H2. The Balaban J connectivity index is 2.18. The van der Waals surface area contributed by atoms with Crippen LogP contribution in [-0.4, -0.2) is 40.0 Å². The summed E-state index contributed by atoms with van der Waals surface area (Å²) in [4.78, 5) is 11.2. The molecule has 0 radical (unpaired) electrons. The summed E-state index contributed by atoms with van der Waals surface area (Å²) in [6.45, 7) is 0.114. The fraction of sp³-hybridized carbons (Fsp3) is 0.417. The summed E-state index contributed by atoms with van der Waals surface area (Å²) >= 11 is 0. The van der Waals surface area contributed by atoms with Crippen molar-refractivity contribution in [3.8, 4) is 0 Å². The molecule has 94 valence electrons. The smallest absolute Gasteiger partial charge is 0.318 e. The highest BCUT2D eigenvalue weighted by Crippen LogP contribution is 1.99. The van der Waals surface area contributed by atoms with Crippen LogP contribution >= 0.6 is 0 Å². The molecule has 0 aromatic heterocycles. The molecule has 0 aliphatic carbocycles. The van der Waals surface area contributed by atoms with Crippen LogP contribution in [-0.2, 0) is 26.8 Å². The van der Waals surface area contributed by atoms with Gasteiger partial charge in [-0.1, -0.05) is 30.3 Å². The quantitative estimate of drug-likeness (QED) is 0.722. The van der Waals surface area contributed by atoms with Gasteiger partial charge < -0.3 is 9.84 Å². The minimum Gasteiger partial charge on any atom is -0.465 e. The summed E-state index contributed by atoms with van der Waals surface area (Å²) in [5.74, 6) is -0.504. The zero-order valence-corrected chi connectivity index (χ0v) is 10.3. The molecular formula is C12H16O4S. The molecule has 0 saturated heterocycles. The first kappa shape index (κ1) is 13.9. The van der Waals surface area contributed by atoms with Crippen LogP contribution in [0.5, 0.6) is 0 Å². The Morgan fingerprint density at radius 1 is 1.29 bits per heavy atom. The zero-order valence-electron chi connectivity index (χ0n) is 9.50. The highest BCUT2D eigenvalue weighted by molar-refractivity contribution is 7.85. The van der Waals surface area contributed by atoms with Crippen molar-refractivity contribution in [2.45, 2.75) is 6.42 Å². The van der Waals surface area contributed by atoms with Crippen LogP contribution in [0.15, 0.2) is 30.3 Å². The Morgan fingerprint density at radius 2 is 2.00 bits per heavy atom. The van der Waals surface area contributed by atoms with Gasteiger partial charge in [-0.2, -0.15) is 0 Å². The second-order valence-corrected chi connectivity index (χ2v) is 5.04. The minimum atomic E-state index is -1.32. The summed E-state index contributed by atoms with van der Waals surface area (Å²) in [5, 5.41) is 8.53. The van der Waals surface area contributed by atoms with Gasteiger partial charge in [0.1, 0.15) is 5.75 Å². The Morgan fingerprint density at radius 3 is 2.65 bits per heavy atom. The molecule has 0 bridgehead atoms. The maximum absolute atomic E-state index is 11.2. The number of aliphatic hydroxyl groups excluding tert-OH is 1. The summed E-state index contributed by atoms with van der Waals surface area (Å²) in [7, 11) is -1.32. The first-order chi connectivity index (χ1) is 8.22. The van der Waals surface area contributed by atoms with Crippen molar-refractivity contribution in [2.75, 3.05) is 24.7 Å². The lowest BCUT2D eigenvalue weighted by atomic mass is 10.2. The van der Waals surface area contributed by atoms with E-state index in [2.05, 4.69) is 0 Å². The SMILES string of the molecule is O=C(CS(=O)CCO)OCCc1ccccc1. The maximum atomic E-state index is 11.2. The second-order valence-electron chi connectivity index (χ2n) is 3.47. The van der Waals surface area contributed by atoms with Crippen LogP contribution in [0, 0.1) is 0 Å². The van der Waals surface area contributed by atoms with Gasteiger partial charge in [0, 0.05) is 23.0 Å². The minimum absolute atomic E-state index is 0.119. The number of aliphatic hydroxyl groups is 1. The first-order valence-electron chi connectivity index (χ1n) is 5.37. The van der Waals surface area contributed by atoms with E-state index in [1.54, 1.807) is 0 Å². The van der Waals surface area contributed by atoms with Gasteiger partial charge in [0.05, 0.1) is 13.2 Å². The third-order valence-corrected chi connectivity index (χ3v) is 3.29. The molecule has 0 fully saturated rings. The number of carbonyl (C=O) groups excluding carboxylic acids is 1. The molecule has 5 heteroatoms. The topological polar surface area (TPSA) is 63.6 Å². The molecule has 0 aliphatic heterocycles. The molecule has 0 heterocycles. The zero-order chi connectivity index (χ0) is 12.5. The molecule has 0 amide bonds. The van der Waals surface area contributed by atoms with E-state index in [1.165, 1.54) is 0 Å². The third kappa shape index (κ3) is 6.19. The molecule has 1 aromatic rings. The van der Waals surface area contributed by atoms with Gasteiger partial charge in [0.25, 0.3) is 0 Å². The molecular weight excluding hydrogens is 240 g/mol. The Labute approximate surface area is 103 Å².